The predicted molar refractivity (Wildman–Crippen MR) is 46.8 cm³/mol. The van der Waals surface area contributed by atoms with Crippen LogP contribution in [0.1, 0.15) is 39.5 Å². The number of carbonyl (C=O) groups excluding carboxylic acids is 1. The summed E-state index contributed by atoms with van der Waals surface area (Å²) >= 11 is 0. The summed E-state index contributed by atoms with van der Waals surface area (Å²) in [6.45, 7) is 3.06. The first-order chi connectivity index (χ1) is 5.54. The van der Waals surface area contributed by atoms with Crippen molar-refractivity contribution >= 4 is 5.78 Å². The van der Waals surface area contributed by atoms with Crippen LogP contribution in [-0.4, -0.2) is 28.2 Å². The minimum absolute atomic E-state index is 0.167. The van der Waals surface area contributed by atoms with Crippen LogP contribution in [0.3, 0.4) is 0 Å². The molecule has 3 heteroatoms. The van der Waals surface area contributed by atoms with Crippen molar-refractivity contribution in [1.29, 1.82) is 0 Å². The quantitative estimate of drug-likeness (QED) is 0.573. The third kappa shape index (κ3) is 6.31. The second-order valence-corrected chi connectivity index (χ2v) is 3.33. The maximum absolute atomic E-state index is 9.44. The number of carbonyl (C=O) groups is 1. The summed E-state index contributed by atoms with van der Waals surface area (Å²) in [5.41, 5.74) is 0. The fourth-order valence-electron chi connectivity index (χ4n) is 1.09. The van der Waals surface area contributed by atoms with Gasteiger partial charge in [-0.3, -0.25) is 0 Å². The molecule has 1 aliphatic carbocycles. The van der Waals surface area contributed by atoms with Gasteiger partial charge in [-0.2, -0.15) is 0 Å². The van der Waals surface area contributed by atoms with Crippen molar-refractivity contribution in [3.8, 4) is 0 Å². The first-order valence-corrected chi connectivity index (χ1v) is 4.37. The number of aliphatic hydroxyl groups is 2. The Labute approximate surface area is 73.4 Å². The van der Waals surface area contributed by atoms with E-state index in [1.807, 2.05) is 0 Å². The molecule has 0 saturated heterocycles. The smallest absolute Gasteiger partial charge is 0.126 e. The van der Waals surface area contributed by atoms with Crippen molar-refractivity contribution in [2.24, 2.45) is 0 Å². The number of Topliss-reactive ketones (excluding diaryl/α,β-unsaturated/α-hetero) is 1. The van der Waals surface area contributed by atoms with Gasteiger partial charge in [0.1, 0.15) is 5.78 Å². The lowest BCUT2D eigenvalue weighted by atomic mass is 9.95. The van der Waals surface area contributed by atoms with E-state index in [9.17, 15) is 4.79 Å². The average molecular weight is 174 g/mol. The van der Waals surface area contributed by atoms with Crippen molar-refractivity contribution in [3.63, 3.8) is 0 Å². The van der Waals surface area contributed by atoms with Crippen LogP contribution in [0.25, 0.3) is 0 Å². The van der Waals surface area contributed by atoms with E-state index < -0.39 is 12.2 Å². The van der Waals surface area contributed by atoms with Crippen LogP contribution in [0.2, 0.25) is 0 Å². The Morgan fingerprint density at radius 1 is 1.08 bits per heavy atom. The maximum Gasteiger partial charge on any atom is 0.126 e. The largest absolute Gasteiger partial charge is 0.390 e. The molecule has 0 radical (unpaired) electrons. The monoisotopic (exact) mass is 174 g/mol. The lowest BCUT2D eigenvalue weighted by molar-refractivity contribution is -0.114. The second-order valence-electron chi connectivity index (χ2n) is 3.33. The number of ketones is 1. The fourth-order valence-corrected chi connectivity index (χ4v) is 1.09. The van der Waals surface area contributed by atoms with Crippen molar-refractivity contribution < 1.29 is 15.0 Å². The Bertz CT molecular complexity index is 120. The van der Waals surface area contributed by atoms with Gasteiger partial charge in [0.05, 0.1) is 12.2 Å². The van der Waals surface area contributed by atoms with Gasteiger partial charge in [-0.15, -0.1) is 0 Å². The van der Waals surface area contributed by atoms with Crippen molar-refractivity contribution in [2.75, 3.05) is 0 Å². The van der Waals surface area contributed by atoms with Gasteiger partial charge in [-0.1, -0.05) is 12.8 Å². The lowest BCUT2D eigenvalue weighted by Crippen LogP contribution is -2.28. The Kier molecular flexibility index (Phi) is 5.93. The zero-order valence-electron chi connectivity index (χ0n) is 7.79. The summed E-state index contributed by atoms with van der Waals surface area (Å²) < 4.78 is 0. The van der Waals surface area contributed by atoms with E-state index in [-0.39, 0.29) is 5.78 Å². The van der Waals surface area contributed by atoms with E-state index in [1.54, 1.807) is 0 Å². The molecule has 3 nitrogen and oxygen atoms in total. The van der Waals surface area contributed by atoms with Gasteiger partial charge in [-0.25, -0.2) is 0 Å². The van der Waals surface area contributed by atoms with Crippen molar-refractivity contribution in [1.82, 2.24) is 0 Å². The van der Waals surface area contributed by atoms with Gasteiger partial charge in [0.2, 0.25) is 0 Å². The molecule has 0 aliphatic heterocycles. The van der Waals surface area contributed by atoms with Crippen LogP contribution in [0.15, 0.2) is 0 Å². The van der Waals surface area contributed by atoms with Gasteiger partial charge in [0.15, 0.2) is 0 Å². The zero-order chi connectivity index (χ0) is 9.56. The summed E-state index contributed by atoms with van der Waals surface area (Å²) in [6.07, 6.45) is 2.81. The summed E-state index contributed by atoms with van der Waals surface area (Å²) in [7, 11) is 0. The highest BCUT2D eigenvalue weighted by Gasteiger charge is 2.19. The number of aliphatic hydroxyl groups excluding tert-OH is 2. The number of hydrogen-bond acceptors (Lipinski definition) is 3. The van der Waals surface area contributed by atoms with Gasteiger partial charge in [0.25, 0.3) is 0 Å². The molecule has 0 bridgehead atoms. The highest BCUT2D eigenvalue weighted by atomic mass is 16.3. The Balaban J connectivity index is 0.000000261. The van der Waals surface area contributed by atoms with Crippen LogP contribution in [0.4, 0.5) is 0 Å². The predicted octanol–water partition coefficient (Wildman–Crippen LogP) is 0.877. The van der Waals surface area contributed by atoms with Crippen molar-refractivity contribution in [3.05, 3.63) is 0 Å². The molecule has 0 heterocycles. The molecule has 0 unspecified atom stereocenters. The molecule has 12 heavy (non-hydrogen) atoms. The normalized spacial score (nSPS) is 28.7. The van der Waals surface area contributed by atoms with E-state index >= 15 is 0 Å². The summed E-state index contributed by atoms with van der Waals surface area (Å²) in [5.74, 6) is 0.167. The molecule has 1 fully saturated rings. The molecule has 0 aromatic heterocycles. The summed E-state index contributed by atoms with van der Waals surface area (Å²) in [5, 5.41) is 17.9. The first kappa shape index (κ1) is 11.6. The van der Waals surface area contributed by atoms with Crippen LogP contribution in [0.5, 0.6) is 0 Å². The molecule has 2 N–H and O–H groups in total. The zero-order valence-corrected chi connectivity index (χ0v) is 7.79. The van der Waals surface area contributed by atoms with Crippen LogP contribution < -0.4 is 0 Å². The third-order valence-electron chi connectivity index (χ3n) is 1.69. The highest BCUT2D eigenvalue weighted by molar-refractivity contribution is 5.72. The van der Waals surface area contributed by atoms with E-state index in [0.717, 1.165) is 25.7 Å². The molecule has 2 atom stereocenters. The Hall–Kier alpha value is -0.410. The second kappa shape index (κ2) is 6.14. The van der Waals surface area contributed by atoms with Crippen LogP contribution >= 0.6 is 0 Å². The molecular formula is C9H18O3. The van der Waals surface area contributed by atoms with E-state index in [4.69, 9.17) is 10.2 Å². The average Bonchev–Trinajstić information content (AvgIpc) is 1.94. The Morgan fingerprint density at radius 3 is 1.50 bits per heavy atom. The molecule has 0 aromatic carbocycles. The molecule has 1 aliphatic rings. The first-order valence-electron chi connectivity index (χ1n) is 4.37. The van der Waals surface area contributed by atoms with E-state index in [2.05, 4.69) is 0 Å². The van der Waals surface area contributed by atoms with Crippen molar-refractivity contribution in [2.45, 2.75) is 51.7 Å². The van der Waals surface area contributed by atoms with E-state index in [1.165, 1.54) is 13.8 Å². The molecule has 72 valence electrons. The fraction of sp³-hybridized carbons (Fsp3) is 0.889. The Morgan fingerprint density at radius 2 is 1.33 bits per heavy atom. The topological polar surface area (TPSA) is 57.5 Å². The van der Waals surface area contributed by atoms with Gasteiger partial charge in [0, 0.05) is 0 Å². The molecule has 0 aromatic rings. The maximum atomic E-state index is 9.44. The molecule has 1 saturated carbocycles. The number of rotatable bonds is 0. The third-order valence-corrected chi connectivity index (χ3v) is 1.69. The minimum atomic E-state index is -0.441. The summed E-state index contributed by atoms with van der Waals surface area (Å²) in [6, 6.07) is 0. The number of hydrogen-bond donors (Lipinski definition) is 2. The standard InChI is InChI=1S/C6H12O2.C3H6O/c7-5-3-1-2-4-6(5)8;1-3(2)4/h5-8H,1-4H2;1-2H3/t5-,6-;/m0./s1. The van der Waals surface area contributed by atoms with E-state index in [0.29, 0.717) is 0 Å². The summed E-state index contributed by atoms with van der Waals surface area (Å²) in [4.78, 5) is 9.44. The SMILES string of the molecule is CC(C)=O.O[C@H]1CCCC[C@@H]1O. The van der Waals surface area contributed by atoms with Crippen LogP contribution in [0, 0.1) is 0 Å². The molecule has 1 rings (SSSR count). The molecular weight excluding hydrogens is 156 g/mol. The van der Waals surface area contributed by atoms with Gasteiger partial charge < -0.3 is 15.0 Å². The molecule has 0 spiro atoms. The van der Waals surface area contributed by atoms with Crippen LogP contribution in [-0.2, 0) is 4.79 Å². The van der Waals surface area contributed by atoms with Gasteiger partial charge in [-0.05, 0) is 26.7 Å². The lowest BCUT2D eigenvalue weighted by Gasteiger charge is -2.22. The minimum Gasteiger partial charge on any atom is -0.390 e. The molecule has 0 amide bonds. The van der Waals surface area contributed by atoms with Gasteiger partial charge >= 0.3 is 0 Å². The highest BCUT2D eigenvalue weighted by Crippen LogP contribution is 2.17.